The second-order valence-corrected chi connectivity index (χ2v) is 6.36. The Bertz CT molecular complexity index is 704. The molecule has 2 rings (SSSR count). The Hall–Kier alpha value is -2.37. The molecule has 132 valence electrons. The van der Waals surface area contributed by atoms with Crippen molar-refractivity contribution in [3.63, 3.8) is 0 Å². The number of nitrogens with one attached hydrogen (secondary N) is 2. The largest absolute Gasteiger partial charge is 0.348 e. The van der Waals surface area contributed by atoms with Gasteiger partial charge in [0.25, 0.3) is 0 Å². The molecule has 2 aromatic carbocycles. The van der Waals surface area contributed by atoms with Gasteiger partial charge in [0.15, 0.2) is 0 Å². The molecule has 2 aromatic rings. The lowest BCUT2D eigenvalue weighted by atomic mass is 10.1. The minimum absolute atomic E-state index is 0.0787. The number of rotatable bonds is 7. The van der Waals surface area contributed by atoms with Crippen molar-refractivity contribution in [3.8, 4) is 0 Å². The molecule has 0 spiro atoms. The van der Waals surface area contributed by atoms with Crippen LogP contribution in [0.3, 0.4) is 0 Å². The summed E-state index contributed by atoms with van der Waals surface area (Å²) >= 11 is 5.81. The van der Waals surface area contributed by atoms with Gasteiger partial charge in [-0.1, -0.05) is 41.9 Å². The molecular formula is C19H22ClN3O2. The highest BCUT2D eigenvalue weighted by molar-refractivity contribution is 6.30. The van der Waals surface area contributed by atoms with Crippen LogP contribution in [0.4, 0.5) is 5.69 Å². The first kappa shape index (κ1) is 19.0. The molecule has 6 heteroatoms. The minimum atomic E-state index is -0.186. The lowest BCUT2D eigenvalue weighted by molar-refractivity contribution is -0.123. The maximum atomic E-state index is 12.1. The van der Waals surface area contributed by atoms with Crippen molar-refractivity contribution in [3.05, 3.63) is 65.2 Å². The van der Waals surface area contributed by atoms with Gasteiger partial charge in [-0.05, 0) is 43.8 Å². The first-order valence-corrected chi connectivity index (χ1v) is 8.40. The van der Waals surface area contributed by atoms with E-state index in [4.69, 9.17) is 11.6 Å². The number of hydrogen-bond donors (Lipinski definition) is 2. The molecule has 0 aromatic heterocycles. The normalized spacial score (nSPS) is 11.8. The molecule has 2 amide bonds. The van der Waals surface area contributed by atoms with Crippen molar-refractivity contribution < 1.29 is 9.59 Å². The van der Waals surface area contributed by atoms with E-state index in [0.29, 0.717) is 10.7 Å². The molecular weight excluding hydrogens is 338 g/mol. The highest BCUT2D eigenvalue weighted by atomic mass is 35.5. The zero-order chi connectivity index (χ0) is 18.2. The Balaban J connectivity index is 1.76. The molecule has 0 aliphatic heterocycles. The third-order valence-electron chi connectivity index (χ3n) is 3.63. The standard InChI is InChI=1S/C19H22ClN3O2/c1-14(15-6-4-3-5-7-15)21-18(24)12-23(2)13-19(25)22-17-10-8-16(20)9-11-17/h3-11,14H,12-13H2,1-2H3,(H,21,24)(H,22,25)/t14-/m0/s1. The van der Waals surface area contributed by atoms with E-state index in [1.807, 2.05) is 37.3 Å². The van der Waals surface area contributed by atoms with Crippen LogP contribution in [0.2, 0.25) is 5.02 Å². The van der Waals surface area contributed by atoms with E-state index >= 15 is 0 Å². The van der Waals surface area contributed by atoms with Crippen molar-refractivity contribution >= 4 is 29.1 Å². The van der Waals surface area contributed by atoms with Crippen molar-refractivity contribution in [2.45, 2.75) is 13.0 Å². The zero-order valence-electron chi connectivity index (χ0n) is 14.3. The van der Waals surface area contributed by atoms with E-state index in [9.17, 15) is 9.59 Å². The van der Waals surface area contributed by atoms with E-state index < -0.39 is 0 Å². The monoisotopic (exact) mass is 359 g/mol. The molecule has 25 heavy (non-hydrogen) atoms. The highest BCUT2D eigenvalue weighted by Gasteiger charge is 2.13. The van der Waals surface area contributed by atoms with Crippen LogP contribution in [0.25, 0.3) is 0 Å². The molecule has 0 fully saturated rings. The first-order chi connectivity index (χ1) is 11.9. The summed E-state index contributed by atoms with van der Waals surface area (Å²) in [6, 6.07) is 16.5. The van der Waals surface area contributed by atoms with Gasteiger partial charge in [0.2, 0.25) is 11.8 Å². The van der Waals surface area contributed by atoms with E-state index in [1.54, 1.807) is 36.2 Å². The molecule has 0 bridgehead atoms. The van der Waals surface area contributed by atoms with Crippen LogP contribution >= 0.6 is 11.6 Å². The summed E-state index contributed by atoms with van der Waals surface area (Å²) in [7, 11) is 1.73. The quantitative estimate of drug-likeness (QED) is 0.798. The maximum Gasteiger partial charge on any atom is 0.238 e. The van der Waals surface area contributed by atoms with Crippen molar-refractivity contribution in [2.24, 2.45) is 0 Å². The van der Waals surface area contributed by atoms with Crippen LogP contribution in [0, 0.1) is 0 Å². The highest BCUT2D eigenvalue weighted by Crippen LogP contribution is 2.13. The smallest absolute Gasteiger partial charge is 0.238 e. The molecule has 0 saturated heterocycles. The lowest BCUT2D eigenvalue weighted by Gasteiger charge is -2.19. The molecule has 0 aliphatic carbocycles. The number of halogens is 1. The van der Waals surface area contributed by atoms with Gasteiger partial charge in [-0.2, -0.15) is 0 Å². The van der Waals surface area contributed by atoms with Crippen LogP contribution in [0.1, 0.15) is 18.5 Å². The predicted octanol–water partition coefficient (Wildman–Crippen LogP) is 3.09. The Labute approximate surface area is 153 Å². The van der Waals surface area contributed by atoms with Gasteiger partial charge < -0.3 is 10.6 Å². The number of hydrogen-bond acceptors (Lipinski definition) is 3. The first-order valence-electron chi connectivity index (χ1n) is 8.02. The summed E-state index contributed by atoms with van der Waals surface area (Å²) in [6.07, 6.45) is 0. The minimum Gasteiger partial charge on any atom is -0.348 e. The molecule has 0 unspecified atom stereocenters. The van der Waals surface area contributed by atoms with Gasteiger partial charge in [0.1, 0.15) is 0 Å². The number of amides is 2. The maximum absolute atomic E-state index is 12.1. The van der Waals surface area contributed by atoms with Gasteiger partial charge in [-0.3, -0.25) is 14.5 Å². The number of carbonyl (C=O) groups excluding carboxylic acids is 2. The number of anilines is 1. The summed E-state index contributed by atoms with van der Waals surface area (Å²) in [5.41, 5.74) is 1.71. The fourth-order valence-corrected chi connectivity index (χ4v) is 2.52. The third kappa shape index (κ3) is 6.57. The number of benzene rings is 2. The van der Waals surface area contributed by atoms with E-state index in [0.717, 1.165) is 5.56 Å². The van der Waals surface area contributed by atoms with Gasteiger partial charge in [-0.25, -0.2) is 0 Å². The van der Waals surface area contributed by atoms with Gasteiger partial charge in [0, 0.05) is 10.7 Å². The summed E-state index contributed by atoms with van der Waals surface area (Å²) < 4.78 is 0. The molecule has 0 saturated carbocycles. The molecule has 0 aliphatic rings. The summed E-state index contributed by atoms with van der Waals surface area (Å²) in [5, 5.41) is 6.31. The predicted molar refractivity (Wildman–Crippen MR) is 101 cm³/mol. The summed E-state index contributed by atoms with van der Waals surface area (Å²) in [4.78, 5) is 25.8. The van der Waals surface area contributed by atoms with Crippen molar-refractivity contribution in [2.75, 3.05) is 25.5 Å². The van der Waals surface area contributed by atoms with Crippen LogP contribution < -0.4 is 10.6 Å². The second-order valence-electron chi connectivity index (χ2n) is 5.93. The van der Waals surface area contributed by atoms with E-state index in [2.05, 4.69) is 10.6 Å². The summed E-state index contributed by atoms with van der Waals surface area (Å²) in [6.45, 7) is 2.20. The van der Waals surface area contributed by atoms with Gasteiger partial charge >= 0.3 is 0 Å². The van der Waals surface area contributed by atoms with Crippen molar-refractivity contribution in [1.82, 2.24) is 10.2 Å². The van der Waals surface area contributed by atoms with Gasteiger partial charge in [-0.15, -0.1) is 0 Å². The molecule has 2 N–H and O–H groups in total. The zero-order valence-corrected chi connectivity index (χ0v) is 15.1. The average Bonchev–Trinajstić information content (AvgIpc) is 2.57. The topological polar surface area (TPSA) is 61.4 Å². The van der Waals surface area contributed by atoms with Crippen LogP contribution in [0.15, 0.2) is 54.6 Å². The fraction of sp³-hybridized carbons (Fsp3) is 0.263. The lowest BCUT2D eigenvalue weighted by Crippen LogP contribution is -2.39. The Kier molecular flexibility index (Phi) is 6.98. The SMILES string of the molecule is C[C@H](NC(=O)CN(C)CC(=O)Nc1ccc(Cl)cc1)c1ccccc1. The van der Waals surface area contributed by atoms with E-state index in [1.165, 1.54) is 0 Å². The van der Waals surface area contributed by atoms with Crippen molar-refractivity contribution in [1.29, 1.82) is 0 Å². The molecule has 0 heterocycles. The number of carbonyl (C=O) groups is 2. The molecule has 0 radical (unpaired) electrons. The van der Waals surface area contributed by atoms with Crippen LogP contribution in [-0.4, -0.2) is 36.9 Å². The summed E-state index contributed by atoms with van der Waals surface area (Å²) in [5.74, 6) is -0.313. The molecule has 1 atom stereocenters. The third-order valence-corrected chi connectivity index (χ3v) is 3.88. The Morgan fingerprint density at radius 3 is 2.24 bits per heavy atom. The fourth-order valence-electron chi connectivity index (χ4n) is 2.39. The average molecular weight is 360 g/mol. The Morgan fingerprint density at radius 2 is 1.60 bits per heavy atom. The number of likely N-dealkylation sites (N-methyl/N-ethyl adjacent to an activating group) is 1. The van der Waals surface area contributed by atoms with Gasteiger partial charge in [0.05, 0.1) is 19.1 Å². The van der Waals surface area contributed by atoms with E-state index in [-0.39, 0.29) is 30.9 Å². The Morgan fingerprint density at radius 1 is 1.00 bits per heavy atom. The second kappa shape index (κ2) is 9.20. The van der Waals surface area contributed by atoms with Crippen LogP contribution in [-0.2, 0) is 9.59 Å². The number of nitrogens with zero attached hydrogens (tertiary/aromatic N) is 1. The van der Waals surface area contributed by atoms with Crippen LogP contribution in [0.5, 0.6) is 0 Å². The molecule has 5 nitrogen and oxygen atoms in total.